The molecule has 1 aromatic rings. The van der Waals surface area contributed by atoms with Gasteiger partial charge in [-0.3, -0.25) is 0 Å². The van der Waals surface area contributed by atoms with Gasteiger partial charge in [0, 0.05) is 13.1 Å². The summed E-state index contributed by atoms with van der Waals surface area (Å²) < 4.78 is 49.3. The molecule has 0 atom stereocenters. The van der Waals surface area contributed by atoms with Crippen molar-refractivity contribution in [3.05, 3.63) is 17.0 Å². The maximum Gasteiger partial charge on any atom is 0.250 e. The van der Waals surface area contributed by atoms with Crippen molar-refractivity contribution in [2.45, 2.75) is 4.21 Å². The molecule has 18 heavy (non-hydrogen) atoms. The lowest BCUT2D eigenvalue weighted by Gasteiger charge is -2.04. The van der Waals surface area contributed by atoms with E-state index in [1.54, 1.807) is 0 Å². The molecule has 0 unspecified atom stereocenters. The van der Waals surface area contributed by atoms with E-state index >= 15 is 0 Å². The minimum atomic E-state index is -3.68. The summed E-state index contributed by atoms with van der Waals surface area (Å²) in [4.78, 5) is 0.296. The Kier molecular flexibility index (Phi) is 4.83. The number of hydrogen-bond donors (Lipinski definition) is 2. The smallest absolute Gasteiger partial charge is 0.214 e. The molecule has 0 amide bonds. The van der Waals surface area contributed by atoms with Crippen LogP contribution in [0.5, 0.6) is 0 Å². The van der Waals surface area contributed by atoms with Gasteiger partial charge in [-0.15, -0.1) is 11.3 Å². The Balaban J connectivity index is 2.58. The highest BCUT2D eigenvalue weighted by molar-refractivity contribution is 7.91. The molecule has 1 aromatic heterocycles. The molecule has 1 heterocycles. The number of thiophene rings is 1. The van der Waals surface area contributed by atoms with E-state index in [4.69, 9.17) is 5.26 Å². The molecule has 0 aliphatic carbocycles. The Morgan fingerprint density at radius 3 is 2.33 bits per heavy atom. The Hall–Kier alpha value is -0.990. The molecule has 1 rings (SSSR count). The van der Waals surface area contributed by atoms with Crippen LogP contribution in [0.1, 0.15) is 4.88 Å². The third kappa shape index (κ3) is 4.71. The van der Waals surface area contributed by atoms with Gasteiger partial charge in [0.1, 0.15) is 15.2 Å². The van der Waals surface area contributed by atoms with Crippen molar-refractivity contribution in [1.29, 1.82) is 5.26 Å². The first-order valence-electron chi connectivity index (χ1n) is 4.69. The first kappa shape index (κ1) is 15.1. The van der Waals surface area contributed by atoms with Gasteiger partial charge in [0.2, 0.25) is 20.0 Å². The number of hydrogen-bond acceptors (Lipinski definition) is 6. The summed E-state index contributed by atoms with van der Waals surface area (Å²) in [5.41, 5.74) is 0. The summed E-state index contributed by atoms with van der Waals surface area (Å²) in [5, 5.41) is 8.59. The largest absolute Gasteiger partial charge is 0.250 e. The van der Waals surface area contributed by atoms with E-state index in [9.17, 15) is 16.8 Å². The van der Waals surface area contributed by atoms with Gasteiger partial charge in [-0.25, -0.2) is 26.3 Å². The molecule has 0 bridgehead atoms. The minimum Gasteiger partial charge on any atom is -0.214 e. The van der Waals surface area contributed by atoms with E-state index in [-0.39, 0.29) is 17.3 Å². The molecule has 2 N–H and O–H groups in total. The van der Waals surface area contributed by atoms with Crippen LogP contribution in [-0.2, 0) is 20.0 Å². The molecule has 0 aromatic carbocycles. The zero-order valence-electron chi connectivity index (χ0n) is 9.37. The summed E-state index contributed by atoms with van der Waals surface area (Å²) in [6.45, 7) is -0.0935. The van der Waals surface area contributed by atoms with Crippen molar-refractivity contribution < 1.29 is 16.8 Å². The molecule has 0 saturated carbocycles. The van der Waals surface area contributed by atoms with Gasteiger partial charge < -0.3 is 0 Å². The van der Waals surface area contributed by atoms with Crippen LogP contribution >= 0.6 is 11.3 Å². The van der Waals surface area contributed by atoms with Gasteiger partial charge in [0.25, 0.3) is 0 Å². The fraction of sp³-hybridized carbons (Fsp3) is 0.375. The highest BCUT2D eigenvalue weighted by Crippen LogP contribution is 2.20. The average Bonchev–Trinajstić information content (AvgIpc) is 2.72. The summed E-state index contributed by atoms with van der Waals surface area (Å²) in [7, 11) is -7.02. The predicted octanol–water partition coefficient (Wildman–Crippen LogP) is -0.553. The lowest BCUT2D eigenvalue weighted by Crippen LogP contribution is -2.33. The van der Waals surface area contributed by atoms with E-state index in [0.29, 0.717) is 4.88 Å². The van der Waals surface area contributed by atoms with Crippen LogP contribution < -0.4 is 9.44 Å². The summed E-state index contributed by atoms with van der Waals surface area (Å²) in [5.74, 6) is 0. The fourth-order valence-corrected chi connectivity index (χ4v) is 3.67. The highest BCUT2D eigenvalue weighted by atomic mass is 32.2. The van der Waals surface area contributed by atoms with E-state index < -0.39 is 20.0 Å². The van der Waals surface area contributed by atoms with Crippen LogP contribution in [0.4, 0.5) is 0 Å². The third-order valence-electron chi connectivity index (χ3n) is 1.74. The lowest BCUT2D eigenvalue weighted by atomic mass is 10.5. The van der Waals surface area contributed by atoms with Crippen LogP contribution in [0, 0.1) is 11.3 Å². The van der Waals surface area contributed by atoms with Crippen LogP contribution in [0.25, 0.3) is 0 Å². The van der Waals surface area contributed by atoms with Crippen LogP contribution in [0.2, 0.25) is 0 Å². The lowest BCUT2D eigenvalue weighted by molar-refractivity contribution is 0.574. The molecule has 0 fully saturated rings. The molecule has 0 saturated heterocycles. The normalized spacial score (nSPS) is 12.2. The van der Waals surface area contributed by atoms with Crippen LogP contribution in [0.15, 0.2) is 16.3 Å². The minimum absolute atomic E-state index is 0.0263. The zero-order valence-corrected chi connectivity index (χ0v) is 11.8. The molecule has 0 spiro atoms. The van der Waals surface area contributed by atoms with E-state index in [1.807, 2.05) is 6.07 Å². The van der Waals surface area contributed by atoms with Crippen molar-refractivity contribution in [3.8, 4) is 6.07 Å². The SMILES string of the molecule is CS(=O)(=O)NCCNS(=O)(=O)c1ccc(C#N)s1. The monoisotopic (exact) mass is 309 g/mol. The van der Waals surface area contributed by atoms with Gasteiger partial charge in [-0.2, -0.15) is 5.26 Å². The van der Waals surface area contributed by atoms with E-state index in [0.717, 1.165) is 17.6 Å². The number of rotatable bonds is 6. The van der Waals surface area contributed by atoms with Crippen LogP contribution in [0.3, 0.4) is 0 Å². The van der Waals surface area contributed by atoms with Gasteiger partial charge in [-0.05, 0) is 12.1 Å². The average molecular weight is 309 g/mol. The predicted molar refractivity (Wildman–Crippen MR) is 67.1 cm³/mol. The topological polar surface area (TPSA) is 116 Å². The molecule has 0 aliphatic heterocycles. The summed E-state index contributed by atoms with van der Waals surface area (Å²) in [6.07, 6.45) is 0.986. The number of nitrogens with zero attached hydrogens (tertiary/aromatic N) is 1. The quantitative estimate of drug-likeness (QED) is 0.684. The molecule has 10 heteroatoms. The highest BCUT2D eigenvalue weighted by Gasteiger charge is 2.16. The maximum atomic E-state index is 11.7. The standard InChI is InChI=1S/C8H11N3O4S3/c1-17(12,13)10-4-5-11-18(14,15)8-3-2-7(6-9)16-8/h2-3,10-11H,4-5H2,1H3. The van der Waals surface area contributed by atoms with Crippen molar-refractivity contribution in [1.82, 2.24) is 9.44 Å². The fourth-order valence-electron chi connectivity index (χ4n) is 1.02. The Labute approximate surface area is 110 Å². The Morgan fingerprint density at radius 1 is 1.22 bits per heavy atom. The Bertz CT molecular complexity index is 654. The van der Waals surface area contributed by atoms with Crippen molar-refractivity contribution in [2.24, 2.45) is 0 Å². The molecule has 0 radical (unpaired) electrons. The Morgan fingerprint density at radius 2 is 1.83 bits per heavy atom. The molecular weight excluding hydrogens is 298 g/mol. The summed E-state index contributed by atoms with van der Waals surface area (Å²) >= 11 is 0.853. The first-order chi connectivity index (χ1) is 8.24. The molecule has 7 nitrogen and oxygen atoms in total. The first-order valence-corrected chi connectivity index (χ1v) is 8.88. The zero-order chi connectivity index (χ0) is 13.8. The third-order valence-corrected chi connectivity index (χ3v) is 5.41. The van der Waals surface area contributed by atoms with Gasteiger partial charge >= 0.3 is 0 Å². The molecule has 100 valence electrons. The van der Waals surface area contributed by atoms with Gasteiger partial charge in [-0.1, -0.05) is 0 Å². The van der Waals surface area contributed by atoms with E-state index in [2.05, 4.69) is 9.44 Å². The number of nitriles is 1. The maximum absolute atomic E-state index is 11.7. The van der Waals surface area contributed by atoms with Gasteiger partial charge in [0.05, 0.1) is 6.26 Å². The second-order valence-corrected chi connectivity index (χ2v) is 8.21. The number of sulfonamides is 2. The summed E-state index contributed by atoms with van der Waals surface area (Å²) in [6, 6.07) is 4.58. The molecule has 0 aliphatic rings. The van der Waals surface area contributed by atoms with Gasteiger partial charge in [0.15, 0.2) is 0 Å². The second-order valence-electron chi connectivity index (χ2n) is 3.29. The number of nitrogens with one attached hydrogen (secondary N) is 2. The second kappa shape index (κ2) is 5.77. The van der Waals surface area contributed by atoms with Crippen molar-refractivity contribution in [3.63, 3.8) is 0 Å². The molecular formula is C8H11N3O4S3. The van der Waals surface area contributed by atoms with Crippen LogP contribution in [-0.4, -0.2) is 36.2 Å². The van der Waals surface area contributed by atoms with Crippen molar-refractivity contribution >= 4 is 31.4 Å². The van der Waals surface area contributed by atoms with E-state index in [1.165, 1.54) is 12.1 Å². The van der Waals surface area contributed by atoms with Crippen molar-refractivity contribution in [2.75, 3.05) is 19.3 Å².